The number of rotatable bonds is 3. The highest BCUT2D eigenvalue weighted by Gasteiger charge is 2.14. The number of pyridine rings is 1. The van der Waals surface area contributed by atoms with Crippen LogP contribution in [0.3, 0.4) is 0 Å². The average molecular weight is 306 g/mol. The van der Waals surface area contributed by atoms with Gasteiger partial charge in [-0.05, 0) is 43.7 Å². The lowest BCUT2D eigenvalue weighted by Gasteiger charge is -2.09. The van der Waals surface area contributed by atoms with Gasteiger partial charge in [0.2, 0.25) is 0 Å². The molecule has 3 aromatic rings. The normalized spacial score (nSPS) is 10.6. The van der Waals surface area contributed by atoms with Crippen LogP contribution in [0.4, 0.5) is 5.69 Å². The van der Waals surface area contributed by atoms with Crippen LogP contribution >= 0.6 is 0 Å². The third-order valence-electron chi connectivity index (χ3n) is 3.70. The topological polar surface area (TPSA) is 59.8 Å². The fraction of sp³-hybridized carbons (Fsp3) is 0.167. The molecule has 23 heavy (non-hydrogen) atoms. The number of aryl methyl sites for hydroxylation is 3. The predicted octanol–water partition coefficient (Wildman–Crippen LogP) is 3.35. The van der Waals surface area contributed by atoms with Crippen LogP contribution in [0.25, 0.3) is 11.4 Å². The molecule has 2 heterocycles. The monoisotopic (exact) mass is 306 g/mol. The van der Waals surface area contributed by atoms with Gasteiger partial charge in [-0.2, -0.15) is 5.10 Å². The van der Waals surface area contributed by atoms with Crippen molar-refractivity contribution in [2.45, 2.75) is 13.8 Å². The summed E-state index contributed by atoms with van der Waals surface area (Å²) in [4.78, 5) is 17.0. The van der Waals surface area contributed by atoms with Crippen LogP contribution in [0, 0.1) is 13.8 Å². The number of aromatic nitrogens is 3. The Morgan fingerprint density at radius 2 is 1.78 bits per heavy atom. The molecule has 2 aromatic heterocycles. The lowest BCUT2D eigenvalue weighted by Crippen LogP contribution is -2.16. The summed E-state index contributed by atoms with van der Waals surface area (Å²) < 4.78 is 1.74. The summed E-state index contributed by atoms with van der Waals surface area (Å²) in [7, 11) is 1.85. The van der Waals surface area contributed by atoms with E-state index in [1.165, 1.54) is 0 Å². The highest BCUT2D eigenvalue weighted by molar-refractivity contribution is 6.04. The maximum absolute atomic E-state index is 12.5. The molecular formula is C18H18N4O. The van der Waals surface area contributed by atoms with Gasteiger partial charge in [-0.1, -0.05) is 23.8 Å². The van der Waals surface area contributed by atoms with Crippen LogP contribution in [-0.4, -0.2) is 20.7 Å². The Bertz CT molecular complexity index is 850. The number of amides is 1. The molecule has 1 aromatic carbocycles. The third-order valence-corrected chi connectivity index (χ3v) is 3.70. The van der Waals surface area contributed by atoms with Gasteiger partial charge in [-0.3, -0.25) is 9.48 Å². The van der Waals surface area contributed by atoms with Crippen LogP contribution in [0.15, 0.2) is 48.7 Å². The maximum Gasteiger partial charge on any atom is 0.274 e. The number of hydrogen-bond donors (Lipinski definition) is 1. The fourth-order valence-corrected chi connectivity index (χ4v) is 2.35. The summed E-state index contributed by atoms with van der Waals surface area (Å²) in [5.74, 6) is -0.213. The second-order valence-corrected chi connectivity index (χ2v) is 5.52. The van der Waals surface area contributed by atoms with Crippen LogP contribution in [-0.2, 0) is 7.05 Å². The first-order valence-corrected chi connectivity index (χ1v) is 7.38. The Hall–Kier alpha value is -2.95. The van der Waals surface area contributed by atoms with E-state index < -0.39 is 0 Å². The van der Waals surface area contributed by atoms with Gasteiger partial charge in [-0.15, -0.1) is 0 Å². The molecule has 0 radical (unpaired) electrons. The van der Waals surface area contributed by atoms with Gasteiger partial charge in [0.1, 0.15) is 5.69 Å². The molecule has 0 aliphatic rings. The number of carbonyl (C=O) groups is 1. The number of nitrogens with one attached hydrogen (secondary N) is 1. The van der Waals surface area contributed by atoms with Crippen molar-refractivity contribution in [1.82, 2.24) is 14.8 Å². The van der Waals surface area contributed by atoms with Crippen molar-refractivity contribution in [3.8, 4) is 11.4 Å². The molecule has 0 atom stereocenters. The van der Waals surface area contributed by atoms with Crippen molar-refractivity contribution in [2.75, 3.05) is 5.32 Å². The predicted molar refractivity (Wildman–Crippen MR) is 90.3 cm³/mol. The van der Waals surface area contributed by atoms with E-state index in [0.29, 0.717) is 5.69 Å². The average Bonchev–Trinajstić information content (AvgIpc) is 2.96. The highest BCUT2D eigenvalue weighted by atomic mass is 16.1. The smallest absolute Gasteiger partial charge is 0.274 e. The minimum Gasteiger partial charge on any atom is -0.321 e. The Kier molecular flexibility index (Phi) is 3.93. The largest absolute Gasteiger partial charge is 0.321 e. The van der Waals surface area contributed by atoms with Crippen molar-refractivity contribution in [3.63, 3.8) is 0 Å². The van der Waals surface area contributed by atoms with Gasteiger partial charge >= 0.3 is 0 Å². The van der Waals surface area contributed by atoms with Crippen LogP contribution in [0.2, 0.25) is 0 Å². The Balaban J connectivity index is 1.91. The van der Waals surface area contributed by atoms with E-state index in [2.05, 4.69) is 15.4 Å². The maximum atomic E-state index is 12.5. The summed E-state index contributed by atoms with van der Waals surface area (Å²) in [6, 6.07) is 13.4. The zero-order valence-corrected chi connectivity index (χ0v) is 13.4. The van der Waals surface area contributed by atoms with Gasteiger partial charge < -0.3 is 5.32 Å². The molecule has 3 rings (SSSR count). The first-order chi connectivity index (χ1) is 11.0. The SMILES string of the molecule is Cc1ccc(NC(=O)c2nc(-c3ccnn3C)ccc2C)cc1. The minimum absolute atomic E-state index is 0.213. The van der Waals surface area contributed by atoms with Crippen molar-refractivity contribution in [1.29, 1.82) is 0 Å². The lowest BCUT2D eigenvalue weighted by atomic mass is 10.1. The van der Waals surface area contributed by atoms with Gasteiger partial charge in [-0.25, -0.2) is 4.98 Å². The quantitative estimate of drug-likeness (QED) is 0.807. The zero-order chi connectivity index (χ0) is 16.4. The molecule has 0 aliphatic heterocycles. The van der Waals surface area contributed by atoms with E-state index in [0.717, 1.165) is 28.2 Å². The molecule has 0 bridgehead atoms. The van der Waals surface area contributed by atoms with Crippen molar-refractivity contribution < 1.29 is 4.79 Å². The Morgan fingerprint density at radius 3 is 2.43 bits per heavy atom. The lowest BCUT2D eigenvalue weighted by molar-refractivity contribution is 0.102. The molecule has 0 fully saturated rings. The van der Waals surface area contributed by atoms with E-state index >= 15 is 0 Å². The van der Waals surface area contributed by atoms with Crippen molar-refractivity contribution >= 4 is 11.6 Å². The Labute approximate surface area is 135 Å². The molecule has 0 aliphatic carbocycles. The minimum atomic E-state index is -0.213. The summed E-state index contributed by atoms with van der Waals surface area (Å²) >= 11 is 0. The van der Waals surface area contributed by atoms with Crippen LogP contribution in [0.5, 0.6) is 0 Å². The zero-order valence-electron chi connectivity index (χ0n) is 13.4. The van der Waals surface area contributed by atoms with Gasteiger partial charge in [0.25, 0.3) is 5.91 Å². The molecule has 5 heteroatoms. The van der Waals surface area contributed by atoms with Gasteiger partial charge in [0.15, 0.2) is 0 Å². The Morgan fingerprint density at radius 1 is 1.04 bits per heavy atom. The third kappa shape index (κ3) is 3.13. The van der Waals surface area contributed by atoms with Crippen LogP contribution < -0.4 is 5.32 Å². The van der Waals surface area contributed by atoms with Gasteiger partial charge in [0.05, 0.1) is 11.4 Å². The summed E-state index contributed by atoms with van der Waals surface area (Å²) in [5.41, 5.74) is 4.76. The van der Waals surface area contributed by atoms with E-state index in [1.54, 1.807) is 10.9 Å². The summed E-state index contributed by atoms with van der Waals surface area (Å²) in [5, 5.41) is 7.03. The molecule has 5 nitrogen and oxygen atoms in total. The number of hydrogen-bond acceptors (Lipinski definition) is 3. The molecule has 0 spiro atoms. The second-order valence-electron chi connectivity index (χ2n) is 5.52. The standard InChI is InChI=1S/C18H18N4O/c1-12-4-7-14(8-5-12)20-18(23)17-13(2)6-9-15(21-17)16-10-11-19-22(16)3/h4-11H,1-3H3,(H,20,23). The number of carbonyl (C=O) groups excluding carboxylic acids is 1. The van der Waals surface area contributed by atoms with Gasteiger partial charge in [0, 0.05) is 18.9 Å². The highest BCUT2D eigenvalue weighted by Crippen LogP contribution is 2.19. The molecule has 0 unspecified atom stereocenters. The van der Waals surface area contributed by atoms with E-state index in [4.69, 9.17) is 0 Å². The molecule has 1 N–H and O–H groups in total. The number of benzene rings is 1. The number of nitrogens with zero attached hydrogens (tertiary/aromatic N) is 3. The number of anilines is 1. The first kappa shape index (κ1) is 15.0. The van der Waals surface area contributed by atoms with E-state index in [1.807, 2.05) is 63.4 Å². The molecule has 0 saturated heterocycles. The van der Waals surface area contributed by atoms with Crippen molar-refractivity contribution in [3.05, 3.63) is 65.5 Å². The summed E-state index contributed by atoms with van der Waals surface area (Å²) in [6.45, 7) is 3.89. The first-order valence-electron chi connectivity index (χ1n) is 7.38. The van der Waals surface area contributed by atoms with E-state index in [-0.39, 0.29) is 5.91 Å². The second kappa shape index (κ2) is 6.04. The molecule has 1 amide bonds. The molecule has 116 valence electrons. The van der Waals surface area contributed by atoms with E-state index in [9.17, 15) is 4.79 Å². The van der Waals surface area contributed by atoms with Crippen molar-refractivity contribution in [2.24, 2.45) is 7.05 Å². The molecular weight excluding hydrogens is 288 g/mol. The fourth-order valence-electron chi connectivity index (χ4n) is 2.35. The molecule has 0 saturated carbocycles. The van der Waals surface area contributed by atoms with Crippen LogP contribution in [0.1, 0.15) is 21.6 Å². The summed E-state index contributed by atoms with van der Waals surface area (Å²) in [6.07, 6.45) is 1.71.